The fraction of sp³-hybridized carbons (Fsp3) is 0.583. The van der Waals surface area contributed by atoms with Gasteiger partial charge in [-0.3, -0.25) is 0 Å². The summed E-state index contributed by atoms with van der Waals surface area (Å²) in [4.78, 5) is 22.0. The van der Waals surface area contributed by atoms with Crippen molar-refractivity contribution < 1.29 is 14.3 Å². The number of rotatable bonds is 4. The van der Waals surface area contributed by atoms with Crippen molar-refractivity contribution in [1.29, 1.82) is 0 Å². The standard InChI is InChI=1S/C12H17ClN4O3/c1-3-20-11(18)9-7-14-4-5-17(9)10-8(13)6-15-12(16-10)19-2/h6,9,14H,3-5,7H2,1-2H3. The predicted octanol–water partition coefficient (Wildman–Crippen LogP) is 0.480. The highest BCUT2D eigenvalue weighted by Gasteiger charge is 2.32. The molecule has 110 valence electrons. The van der Waals surface area contributed by atoms with E-state index >= 15 is 0 Å². The van der Waals surface area contributed by atoms with E-state index in [4.69, 9.17) is 21.1 Å². The molecule has 2 heterocycles. The second-order valence-electron chi connectivity index (χ2n) is 4.19. The van der Waals surface area contributed by atoms with Crippen LogP contribution in [0.2, 0.25) is 5.02 Å². The zero-order valence-corrected chi connectivity index (χ0v) is 12.2. The molecule has 0 aromatic carbocycles. The number of halogens is 1. The molecular weight excluding hydrogens is 284 g/mol. The molecule has 0 amide bonds. The molecule has 8 heteroatoms. The van der Waals surface area contributed by atoms with Crippen LogP contribution >= 0.6 is 11.6 Å². The molecule has 1 atom stereocenters. The second-order valence-corrected chi connectivity index (χ2v) is 4.60. The number of esters is 1. The Morgan fingerprint density at radius 3 is 3.15 bits per heavy atom. The van der Waals surface area contributed by atoms with Crippen molar-refractivity contribution in [3.05, 3.63) is 11.2 Å². The highest BCUT2D eigenvalue weighted by molar-refractivity contribution is 6.32. The molecule has 1 fully saturated rings. The summed E-state index contributed by atoms with van der Waals surface area (Å²) in [6, 6.07) is -0.244. The highest BCUT2D eigenvalue weighted by Crippen LogP contribution is 2.27. The summed E-state index contributed by atoms with van der Waals surface area (Å²) >= 11 is 6.14. The van der Waals surface area contributed by atoms with Crippen molar-refractivity contribution in [3.63, 3.8) is 0 Å². The quantitative estimate of drug-likeness (QED) is 0.810. The van der Waals surface area contributed by atoms with Gasteiger partial charge in [-0.05, 0) is 6.92 Å². The minimum absolute atomic E-state index is 0.213. The average molecular weight is 301 g/mol. The van der Waals surface area contributed by atoms with E-state index in [2.05, 4.69) is 15.3 Å². The SMILES string of the molecule is CCOC(=O)C1CNCCN1c1nc(OC)ncc1Cl. The molecule has 7 nitrogen and oxygen atoms in total. The summed E-state index contributed by atoms with van der Waals surface area (Å²) in [6.07, 6.45) is 1.47. The molecule has 2 rings (SSSR count). The van der Waals surface area contributed by atoms with Crippen LogP contribution in [0.1, 0.15) is 6.92 Å². The molecule has 0 bridgehead atoms. The molecule has 0 aliphatic carbocycles. The Balaban J connectivity index is 2.29. The Labute approximate surface area is 122 Å². The minimum Gasteiger partial charge on any atom is -0.467 e. The third-order valence-electron chi connectivity index (χ3n) is 2.96. The first kappa shape index (κ1) is 14.8. The molecule has 1 N–H and O–H groups in total. The molecule has 1 saturated heterocycles. The molecule has 0 saturated carbocycles. The van der Waals surface area contributed by atoms with E-state index in [1.807, 2.05) is 4.90 Å². The smallest absolute Gasteiger partial charge is 0.330 e. The lowest BCUT2D eigenvalue weighted by Crippen LogP contribution is -2.56. The fourth-order valence-electron chi connectivity index (χ4n) is 2.05. The van der Waals surface area contributed by atoms with Gasteiger partial charge in [-0.25, -0.2) is 9.78 Å². The Morgan fingerprint density at radius 2 is 2.45 bits per heavy atom. The van der Waals surface area contributed by atoms with Crippen LogP contribution in [0, 0.1) is 0 Å². The lowest BCUT2D eigenvalue weighted by Gasteiger charge is -2.35. The van der Waals surface area contributed by atoms with Gasteiger partial charge in [0.05, 0.1) is 19.9 Å². The van der Waals surface area contributed by atoms with Gasteiger partial charge in [0.25, 0.3) is 0 Å². The van der Waals surface area contributed by atoms with Crippen LogP contribution < -0.4 is 15.0 Å². The Kier molecular flexibility index (Phi) is 4.97. The van der Waals surface area contributed by atoms with E-state index in [1.165, 1.54) is 13.3 Å². The van der Waals surface area contributed by atoms with Gasteiger partial charge in [-0.1, -0.05) is 11.6 Å². The number of piperazine rings is 1. The van der Waals surface area contributed by atoms with Crippen LogP contribution in [0.3, 0.4) is 0 Å². The first-order chi connectivity index (χ1) is 9.67. The van der Waals surface area contributed by atoms with Gasteiger partial charge < -0.3 is 19.7 Å². The number of carbonyl (C=O) groups is 1. The Morgan fingerprint density at radius 1 is 1.65 bits per heavy atom. The van der Waals surface area contributed by atoms with Crippen LogP contribution in [0.5, 0.6) is 6.01 Å². The van der Waals surface area contributed by atoms with E-state index in [0.29, 0.717) is 30.5 Å². The van der Waals surface area contributed by atoms with Crippen molar-refractivity contribution in [2.75, 3.05) is 38.3 Å². The van der Waals surface area contributed by atoms with E-state index < -0.39 is 6.04 Å². The molecule has 0 spiro atoms. The number of ether oxygens (including phenoxy) is 2. The molecule has 1 aliphatic heterocycles. The number of hydrogen-bond acceptors (Lipinski definition) is 7. The topological polar surface area (TPSA) is 76.6 Å². The fourth-order valence-corrected chi connectivity index (χ4v) is 2.25. The molecule has 1 aromatic heterocycles. The van der Waals surface area contributed by atoms with Crippen LogP contribution in [0.4, 0.5) is 5.82 Å². The maximum atomic E-state index is 12.0. The number of carbonyl (C=O) groups excluding carboxylic acids is 1. The summed E-state index contributed by atoms with van der Waals surface area (Å²) in [6.45, 7) is 3.94. The zero-order chi connectivity index (χ0) is 14.5. The number of hydrogen-bond donors (Lipinski definition) is 1. The van der Waals surface area contributed by atoms with Crippen LogP contribution in [-0.2, 0) is 9.53 Å². The van der Waals surface area contributed by atoms with Gasteiger partial charge >= 0.3 is 12.0 Å². The van der Waals surface area contributed by atoms with Crippen molar-refractivity contribution in [2.45, 2.75) is 13.0 Å². The van der Waals surface area contributed by atoms with Crippen molar-refractivity contribution in [3.8, 4) is 6.01 Å². The Bertz CT molecular complexity index is 486. The highest BCUT2D eigenvalue weighted by atomic mass is 35.5. The third kappa shape index (κ3) is 3.10. The molecule has 0 radical (unpaired) electrons. The van der Waals surface area contributed by atoms with Gasteiger partial charge in [-0.2, -0.15) is 4.98 Å². The maximum Gasteiger partial charge on any atom is 0.330 e. The third-order valence-corrected chi connectivity index (χ3v) is 3.23. The summed E-state index contributed by atoms with van der Waals surface area (Å²) in [5, 5.41) is 3.54. The largest absolute Gasteiger partial charge is 0.467 e. The van der Waals surface area contributed by atoms with E-state index in [9.17, 15) is 4.79 Å². The molecule has 1 aromatic rings. The average Bonchev–Trinajstić information content (AvgIpc) is 2.48. The number of anilines is 1. The van der Waals surface area contributed by atoms with Gasteiger partial charge in [0.1, 0.15) is 11.1 Å². The summed E-state index contributed by atoms with van der Waals surface area (Å²) in [5.41, 5.74) is 0. The summed E-state index contributed by atoms with van der Waals surface area (Å²) in [7, 11) is 1.48. The number of methoxy groups -OCH3 is 1. The lowest BCUT2D eigenvalue weighted by molar-refractivity contribution is -0.144. The number of nitrogens with zero attached hydrogens (tertiary/aromatic N) is 3. The Hall–Kier alpha value is -1.60. The number of aromatic nitrogens is 2. The molecule has 1 unspecified atom stereocenters. The summed E-state index contributed by atoms with van der Waals surface area (Å²) in [5.74, 6) is 0.186. The van der Waals surface area contributed by atoms with Gasteiger partial charge in [0, 0.05) is 19.6 Å². The van der Waals surface area contributed by atoms with Crippen LogP contribution in [0.15, 0.2) is 6.20 Å². The first-order valence-corrected chi connectivity index (χ1v) is 6.75. The van der Waals surface area contributed by atoms with E-state index in [1.54, 1.807) is 6.92 Å². The first-order valence-electron chi connectivity index (χ1n) is 6.38. The van der Waals surface area contributed by atoms with Crippen molar-refractivity contribution in [1.82, 2.24) is 15.3 Å². The second kappa shape index (κ2) is 6.71. The zero-order valence-electron chi connectivity index (χ0n) is 11.4. The monoisotopic (exact) mass is 300 g/mol. The van der Waals surface area contributed by atoms with Gasteiger partial charge in [-0.15, -0.1) is 0 Å². The maximum absolute atomic E-state index is 12.0. The molecular formula is C12H17ClN4O3. The molecule has 20 heavy (non-hydrogen) atoms. The van der Waals surface area contributed by atoms with Gasteiger partial charge in [0.2, 0.25) is 0 Å². The number of nitrogens with one attached hydrogen (secondary N) is 1. The predicted molar refractivity (Wildman–Crippen MR) is 74.2 cm³/mol. The van der Waals surface area contributed by atoms with E-state index in [-0.39, 0.29) is 12.0 Å². The normalized spacial score (nSPS) is 18.8. The van der Waals surface area contributed by atoms with Crippen LogP contribution in [-0.4, -0.2) is 55.3 Å². The lowest BCUT2D eigenvalue weighted by atomic mass is 10.2. The van der Waals surface area contributed by atoms with E-state index in [0.717, 1.165) is 6.54 Å². The minimum atomic E-state index is -0.458. The van der Waals surface area contributed by atoms with Gasteiger partial charge in [0.15, 0.2) is 5.82 Å². The molecule has 1 aliphatic rings. The van der Waals surface area contributed by atoms with Crippen molar-refractivity contribution in [2.24, 2.45) is 0 Å². The van der Waals surface area contributed by atoms with Crippen LogP contribution in [0.25, 0.3) is 0 Å². The summed E-state index contributed by atoms with van der Waals surface area (Å²) < 4.78 is 10.1. The van der Waals surface area contributed by atoms with Crippen molar-refractivity contribution >= 4 is 23.4 Å².